The number of aromatic hydroxyl groups is 1. The minimum absolute atomic E-state index is 0.000457. The summed E-state index contributed by atoms with van der Waals surface area (Å²) in [5.74, 6) is -3.92. The zero-order valence-electron chi connectivity index (χ0n) is 31.0. The Morgan fingerprint density at radius 3 is 2.11 bits per heavy atom. The van der Waals surface area contributed by atoms with Gasteiger partial charge in [0.15, 0.2) is 11.5 Å². The Hall–Kier alpha value is -6.36. The Balaban J connectivity index is 1.11. The lowest BCUT2D eigenvalue weighted by Gasteiger charge is -2.47. The lowest BCUT2D eigenvalue weighted by atomic mass is 9.52. The first-order valence-corrected chi connectivity index (χ1v) is 18.4. The number of amides is 4. The second kappa shape index (κ2) is 13.8. The van der Waals surface area contributed by atoms with E-state index in [2.05, 4.69) is 10.2 Å². The number of rotatable bonds is 8. The van der Waals surface area contributed by atoms with Gasteiger partial charge in [0.05, 0.1) is 53.0 Å². The van der Waals surface area contributed by atoms with Gasteiger partial charge in [-0.15, -0.1) is 0 Å². The zero-order chi connectivity index (χ0) is 38.6. The molecule has 1 saturated carbocycles. The molecule has 2 aliphatic carbocycles. The average Bonchev–Trinajstić information content (AvgIpc) is 3.57. The lowest BCUT2D eigenvalue weighted by molar-refractivity contribution is -0.132. The number of ether oxygens (including phenoxy) is 1. The van der Waals surface area contributed by atoms with Gasteiger partial charge in [-0.3, -0.25) is 24.1 Å². The third-order valence-electron chi connectivity index (χ3n) is 11.8. The molecule has 0 bridgehead atoms. The van der Waals surface area contributed by atoms with Crippen LogP contribution >= 0.6 is 0 Å². The first-order valence-electron chi connectivity index (χ1n) is 18.4. The van der Waals surface area contributed by atoms with Crippen molar-refractivity contribution in [3.63, 3.8) is 0 Å². The van der Waals surface area contributed by atoms with Crippen molar-refractivity contribution in [1.82, 2.24) is 0 Å². The Morgan fingerprint density at radius 2 is 1.45 bits per heavy atom. The molecule has 3 fully saturated rings. The second-order valence-electron chi connectivity index (χ2n) is 15.0. The quantitative estimate of drug-likeness (QED) is 0.111. The molecule has 4 amide bonds. The summed E-state index contributed by atoms with van der Waals surface area (Å²) in [6.45, 7) is 1.85. The number of phenolic OH excluding ortho intramolecular Hbond substituents is 1. The van der Waals surface area contributed by atoms with Crippen molar-refractivity contribution in [2.45, 2.75) is 19.8 Å². The number of hydrogen-bond acceptors (Lipinski definition) is 9. The van der Waals surface area contributed by atoms with Crippen LogP contribution in [0.4, 0.5) is 28.4 Å². The molecule has 0 aromatic heterocycles. The fourth-order valence-corrected chi connectivity index (χ4v) is 8.90. The number of allylic oxidation sites excluding steroid dienone is 3. The van der Waals surface area contributed by atoms with Crippen molar-refractivity contribution in [2.24, 2.45) is 45.2 Å². The standard InChI is InChI=1S/C44H41N5O6/c1-44-35(22-10-26-11-23-37(50)38(24-26)55-4)32-20-21-33-39(34(32)25-36(44)41(52)49(43(44)54)30-8-6-5-7-9-30)42(53)48(40(33)51)31-18-14-28(15-19-31)46-45-27-12-16-29(17-13-27)47(2)3/h5-20,22-24,33-36,39,50H,21,25H2,1-4H3. The number of fused-ring (bicyclic) bond motifs is 4. The van der Waals surface area contributed by atoms with E-state index in [4.69, 9.17) is 4.74 Å². The van der Waals surface area contributed by atoms with Gasteiger partial charge >= 0.3 is 0 Å². The molecule has 2 heterocycles. The van der Waals surface area contributed by atoms with Crippen LogP contribution < -0.4 is 19.4 Å². The molecular weight excluding hydrogens is 695 g/mol. The predicted molar refractivity (Wildman–Crippen MR) is 209 cm³/mol. The van der Waals surface area contributed by atoms with E-state index in [1.54, 1.807) is 60.7 Å². The summed E-state index contributed by atoms with van der Waals surface area (Å²) < 4.78 is 5.32. The van der Waals surface area contributed by atoms with Gasteiger partial charge in [0.25, 0.3) is 0 Å². The Labute approximate surface area is 319 Å². The maximum absolute atomic E-state index is 14.5. The van der Waals surface area contributed by atoms with Crippen LogP contribution in [0.2, 0.25) is 0 Å². The Kier molecular flexibility index (Phi) is 8.95. The van der Waals surface area contributed by atoms with Gasteiger partial charge in [-0.2, -0.15) is 10.2 Å². The molecular formula is C44H41N5O6. The average molecular weight is 736 g/mol. The van der Waals surface area contributed by atoms with E-state index in [9.17, 15) is 24.3 Å². The first-order chi connectivity index (χ1) is 26.5. The molecule has 11 heteroatoms. The predicted octanol–water partition coefficient (Wildman–Crippen LogP) is 7.86. The van der Waals surface area contributed by atoms with Crippen LogP contribution in [0.15, 0.2) is 125 Å². The van der Waals surface area contributed by atoms with Gasteiger partial charge < -0.3 is 14.7 Å². The van der Waals surface area contributed by atoms with Gasteiger partial charge in [-0.25, -0.2) is 4.90 Å². The maximum Gasteiger partial charge on any atom is 0.241 e. The van der Waals surface area contributed by atoms with E-state index in [1.807, 2.05) is 74.5 Å². The van der Waals surface area contributed by atoms with E-state index in [1.165, 1.54) is 23.0 Å². The third kappa shape index (κ3) is 5.90. The number of anilines is 3. The number of imide groups is 2. The minimum Gasteiger partial charge on any atom is -0.504 e. The van der Waals surface area contributed by atoms with Crippen molar-refractivity contribution in [3.8, 4) is 11.5 Å². The van der Waals surface area contributed by atoms with Crippen LogP contribution in [-0.4, -0.2) is 49.9 Å². The smallest absolute Gasteiger partial charge is 0.241 e. The number of para-hydroxylation sites is 1. The highest BCUT2D eigenvalue weighted by atomic mass is 16.5. The highest BCUT2D eigenvalue weighted by molar-refractivity contribution is 6.25. The van der Waals surface area contributed by atoms with Crippen molar-refractivity contribution in [2.75, 3.05) is 35.9 Å². The molecule has 2 saturated heterocycles. The number of phenols is 1. The molecule has 0 radical (unpaired) electrons. The first kappa shape index (κ1) is 35.7. The number of nitrogens with zero attached hydrogens (tertiary/aromatic N) is 5. The van der Waals surface area contributed by atoms with Crippen molar-refractivity contribution in [1.29, 1.82) is 0 Å². The van der Waals surface area contributed by atoms with E-state index in [0.717, 1.165) is 16.8 Å². The minimum atomic E-state index is -1.15. The number of methoxy groups -OCH3 is 1. The molecule has 4 aromatic rings. The molecule has 4 aromatic carbocycles. The van der Waals surface area contributed by atoms with Gasteiger partial charge in [-0.05, 0) is 104 Å². The lowest BCUT2D eigenvalue weighted by Crippen LogP contribution is -2.49. The Morgan fingerprint density at radius 1 is 0.800 bits per heavy atom. The van der Waals surface area contributed by atoms with Gasteiger partial charge in [0.1, 0.15) is 0 Å². The van der Waals surface area contributed by atoms with Crippen molar-refractivity contribution in [3.05, 3.63) is 120 Å². The molecule has 8 rings (SSSR count). The number of azo groups is 1. The maximum atomic E-state index is 14.5. The number of carbonyl (C=O) groups excluding carboxylic acids is 4. The monoisotopic (exact) mass is 735 g/mol. The summed E-state index contributed by atoms with van der Waals surface area (Å²) in [7, 11) is 5.41. The van der Waals surface area contributed by atoms with Gasteiger partial charge in [0.2, 0.25) is 23.6 Å². The van der Waals surface area contributed by atoms with E-state index < -0.39 is 35.0 Å². The van der Waals surface area contributed by atoms with Gasteiger partial charge in [-0.1, -0.05) is 48.1 Å². The normalized spacial score (nSPS) is 26.0. The second-order valence-corrected chi connectivity index (χ2v) is 15.0. The fraction of sp³-hybridized carbons (Fsp3) is 0.273. The fourth-order valence-electron chi connectivity index (χ4n) is 8.90. The molecule has 1 N–H and O–H groups in total. The van der Waals surface area contributed by atoms with Crippen LogP contribution in [0.1, 0.15) is 25.3 Å². The summed E-state index contributed by atoms with van der Waals surface area (Å²) >= 11 is 0. The summed E-state index contributed by atoms with van der Waals surface area (Å²) in [6.07, 6.45) is 6.40. The number of carbonyl (C=O) groups is 4. The molecule has 55 heavy (non-hydrogen) atoms. The van der Waals surface area contributed by atoms with Crippen LogP contribution in [0.25, 0.3) is 6.08 Å². The Bertz CT molecular complexity index is 2280. The summed E-state index contributed by atoms with van der Waals surface area (Å²) in [4.78, 5) is 62.0. The van der Waals surface area contributed by atoms with Crippen LogP contribution in [0.3, 0.4) is 0 Å². The highest BCUT2D eigenvalue weighted by Gasteiger charge is 2.67. The SMILES string of the molecule is COc1cc(C=CC2C3=CCC4C(=O)N(c5ccc(N=Nc6ccc(N(C)C)cc6)cc5)C(=O)C4C3CC3C(=O)N(c4ccccc4)C(=O)C23C)ccc1O. The van der Waals surface area contributed by atoms with Crippen LogP contribution in [0, 0.1) is 35.0 Å². The topological polar surface area (TPSA) is 132 Å². The highest BCUT2D eigenvalue weighted by Crippen LogP contribution is 2.61. The van der Waals surface area contributed by atoms with Crippen LogP contribution in [-0.2, 0) is 19.2 Å². The third-order valence-corrected chi connectivity index (χ3v) is 11.8. The largest absolute Gasteiger partial charge is 0.504 e. The molecule has 11 nitrogen and oxygen atoms in total. The summed E-state index contributed by atoms with van der Waals surface area (Å²) in [5, 5.41) is 18.9. The molecule has 6 unspecified atom stereocenters. The van der Waals surface area contributed by atoms with Gasteiger partial charge in [0, 0.05) is 25.7 Å². The molecule has 0 spiro atoms. The molecule has 4 aliphatic rings. The zero-order valence-corrected chi connectivity index (χ0v) is 31.0. The van der Waals surface area contributed by atoms with E-state index >= 15 is 0 Å². The van der Waals surface area contributed by atoms with Crippen molar-refractivity contribution >= 4 is 58.1 Å². The molecule has 278 valence electrons. The molecule has 6 atom stereocenters. The summed E-state index contributed by atoms with van der Waals surface area (Å²) in [5.41, 5.74) is 3.72. The molecule has 2 aliphatic heterocycles. The van der Waals surface area contributed by atoms with Crippen LogP contribution in [0.5, 0.6) is 11.5 Å². The summed E-state index contributed by atoms with van der Waals surface area (Å²) in [6, 6.07) is 28.4. The van der Waals surface area contributed by atoms with E-state index in [0.29, 0.717) is 34.9 Å². The van der Waals surface area contributed by atoms with Crippen molar-refractivity contribution < 1.29 is 29.0 Å². The van der Waals surface area contributed by atoms with E-state index in [-0.39, 0.29) is 35.8 Å². The number of benzene rings is 4. The number of hydrogen-bond donors (Lipinski definition) is 1.